The molecule has 1 heterocycles. The molecule has 2 amide bonds. The molecule has 1 aromatic carbocycles. The van der Waals surface area contributed by atoms with Crippen molar-refractivity contribution in [2.75, 3.05) is 31.3 Å². The van der Waals surface area contributed by atoms with E-state index < -0.39 is 0 Å². The maximum Gasteiger partial charge on any atom is 0.242 e. The zero-order valence-corrected chi connectivity index (χ0v) is 14.0. The molecule has 6 nitrogen and oxygen atoms in total. The molecule has 6 heteroatoms. The Hall–Kier alpha value is -2.24. The summed E-state index contributed by atoms with van der Waals surface area (Å²) >= 11 is 0. The molecular weight excluding hydrogens is 296 g/mol. The van der Waals surface area contributed by atoms with Crippen molar-refractivity contribution in [2.24, 2.45) is 0 Å². The van der Waals surface area contributed by atoms with Gasteiger partial charge in [0, 0.05) is 31.8 Å². The highest BCUT2D eigenvalue weighted by Crippen LogP contribution is 2.35. The van der Waals surface area contributed by atoms with Crippen molar-refractivity contribution in [1.82, 2.24) is 4.90 Å². The van der Waals surface area contributed by atoms with Crippen molar-refractivity contribution in [1.29, 1.82) is 0 Å². The van der Waals surface area contributed by atoms with Crippen LogP contribution < -0.4 is 14.4 Å². The van der Waals surface area contributed by atoms with Gasteiger partial charge in [-0.25, -0.2) is 0 Å². The molecule has 0 saturated carbocycles. The lowest BCUT2D eigenvalue weighted by molar-refractivity contribution is -0.131. The van der Waals surface area contributed by atoms with Gasteiger partial charge in [0.15, 0.2) is 11.5 Å². The Balaban J connectivity index is 2.15. The number of anilines is 1. The molecule has 0 aliphatic carbocycles. The monoisotopic (exact) mass is 320 g/mol. The fourth-order valence-corrected chi connectivity index (χ4v) is 2.57. The number of benzene rings is 1. The summed E-state index contributed by atoms with van der Waals surface area (Å²) in [6.45, 7) is 7.17. The van der Waals surface area contributed by atoms with E-state index in [1.807, 2.05) is 18.7 Å². The molecular formula is C17H24N2O4. The summed E-state index contributed by atoms with van der Waals surface area (Å²) in [5.41, 5.74) is 0.642. The van der Waals surface area contributed by atoms with Crippen LogP contribution in [-0.4, -0.2) is 43.1 Å². The number of rotatable bonds is 7. The first-order chi connectivity index (χ1) is 11.1. The second kappa shape index (κ2) is 7.85. The molecule has 0 aromatic heterocycles. The van der Waals surface area contributed by atoms with Crippen LogP contribution in [0.2, 0.25) is 0 Å². The molecule has 0 bridgehead atoms. The third-order valence-corrected chi connectivity index (χ3v) is 3.68. The van der Waals surface area contributed by atoms with Crippen LogP contribution in [0.3, 0.4) is 0 Å². The molecule has 0 saturated heterocycles. The number of ether oxygens (including phenoxy) is 2. The maximum atomic E-state index is 12.5. The summed E-state index contributed by atoms with van der Waals surface area (Å²) in [7, 11) is 0. The van der Waals surface area contributed by atoms with E-state index in [0.29, 0.717) is 30.3 Å². The summed E-state index contributed by atoms with van der Waals surface area (Å²) in [5, 5.41) is 0. The molecule has 2 rings (SSSR count). The van der Waals surface area contributed by atoms with Gasteiger partial charge in [-0.1, -0.05) is 13.8 Å². The smallest absolute Gasteiger partial charge is 0.242 e. The van der Waals surface area contributed by atoms with Gasteiger partial charge >= 0.3 is 0 Å². The predicted octanol–water partition coefficient (Wildman–Crippen LogP) is 2.42. The summed E-state index contributed by atoms with van der Waals surface area (Å²) in [4.78, 5) is 27.8. The Kier molecular flexibility index (Phi) is 5.84. The summed E-state index contributed by atoms with van der Waals surface area (Å²) in [6.07, 6.45) is 1.80. The van der Waals surface area contributed by atoms with Crippen molar-refractivity contribution in [3.8, 4) is 11.5 Å². The molecule has 126 valence electrons. The van der Waals surface area contributed by atoms with E-state index >= 15 is 0 Å². The van der Waals surface area contributed by atoms with Gasteiger partial charge in [-0.05, 0) is 25.0 Å². The highest BCUT2D eigenvalue weighted by Gasteiger charge is 2.22. The Labute approximate surface area is 137 Å². The van der Waals surface area contributed by atoms with Crippen molar-refractivity contribution in [2.45, 2.75) is 33.6 Å². The summed E-state index contributed by atoms with van der Waals surface area (Å²) in [6, 6.07) is 5.26. The maximum absolute atomic E-state index is 12.5. The second-order valence-corrected chi connectivity index (χ2v) is 5.52. The van der Waals surface area contributed by atoms with Crippen LogP contribution in [0, 0.1) is 0 Å². The summed E-state index contributed by atoms with van der Waals surface area (Å²) in [5.74, 6) is 1.04. The van der Waals surface area contributed by atoms with E-state index in [0.717, 1.165) is 12.8 Å². The van der Waals surface area contributed by atoms with Gasteiger partial charge in [0.2, 0.25) is 18.6 Å². The van der Waals surface area contributed by atoms with E-state index in [1.54, 1.807) is 18.2 Å². The van der Waals surface area contributed by atoms with Crippen molar-refractivity contribution in [3.63, 3.8) is 0 Å². The first-order valence-electron chi connectivity index (χ1n) is 8.02. The molecule has 1 aliphatic heterocycles. The normalized spacial score (nSPS) is 12.1. The molecule has 0 N–H and O–H groups in total. The van der Waals surface area contributed by atoms with E-state index in [-0.39, 0.29) is 25.2 Å². The van der Waals surface area contributed by atoms with E-state index in [1.165, 1.54) is 11.8 Å². The van der Waals surface area contributed by atoms with Crippen LogP contribution in [0.25, 0.3) is 0 Å². The predicted molar refractivity (Wildman–Crippen MR) is 87.8 cm³/mol. The van der Waals surface area contributed by atoms with Crippen LogP contribution >= 0.6 is 0 Å². The number of carbonyl (C=O) groups excluding carboxylic acids is 2. The molecule has 0 unspecified atom stereocenters. The lowest BCUT2D eigenvalue weighted by Gasteiger charge is -2.26. The minimum absolute atomic E-state index is 0.0367. The van der Waals surface area contributed by atoms with Gasteiger partial charge in [-0.15, -0.1) is 0 Å². The first kappa shape index (κ1) is 17.1. The average Bonchev–Trinajstić information content (AvgIpc) is 2.99. The Morgan fingerprint density at radius 2 is 1.74 bits per heavy atom. The van der Waals surface area contributed by atoms with Crippen LogP contribution in [0.4, 0.5) is 5.69 Å². The van der Waals surface area contributed by atoms with Crippen LogP contribution in [-0.2, 0) is 9.59 Å². The number of hydrogen-bond acceptors (Lipinski definition) is 4. The van der Waals surface area contributed by atoms with Crippen LogP contribution in [0.1, 0.15) is 33.6 Å². The molecule has 23 heavy (non-hydrogen) atoms. The zero-order chi connectivity index (χ0) is 16.8. The fourth-order valence-electron chi connectivity index (χ4n) is 2.57. The zero-order valence-electron chi connectivity index (χ0n) is 14.0. The van der Waals surface area contributed by atoms with E-state index in [2.05, 4.69) is 0 Å². The van der Waals surface area contributed by atoms with Crippen molar-refractivity contribution < 1.29 is 19.1 Å². The number of fused-ring (bicyclic) bond motifs is 1. The van der Waals surface area contributed by atoms with Gasteiger partial charge in [0.1, 0.15) is 6.54 Å². The van der Waals surface area contributed by atoms with Gasteiger partial charge in [0.05, 0.1) is 0 Å². The molecule has 0 atom stereocenters. The molecule has 0 radical (unpaired) electrons. The average molecular weight is 320 g/mol. The van der Waals surface area contributed by atoms with Gasteiger partial charge < -0.3 is 19.3 Å². The largest absolute Gasteiger partial charge is 0.454 e. The first-order valence-corrected chi connectivity index (χ1v) is 8.02. The Morgan fingerprint density at radius 1 is 1.09 bits per heavy atom. The minimum Gasteiger partial charge on any atom is -0.454 e. The number of hydrogen-bond donors (Lipinski definition) is 0. The van der Waals surface area contributed by atoms with Gasteiger partial charge in [-0.3, -0.25) is 9.59 Å². The number of nitrogens with zero attached hydrogens (tertiary/aromatic N) is 2. The van der Waals surface area contributed by atoms with Gasteiger partial charge in [0.25, 0.3) is 0 Å². The van der Waals surface area contributed by atoms with Crippen LogP contribution in [0.15, 0.2) is 18.2 Å². The third-order valence-electron chi connectivity index (χ3n) is 3.68. The van der Waals surface area contributed by atoms with E-state index in [9.17, 15) is 9.59 Å². The molecule has 1 aromatic rings. The molecule has 1 aliphatic rings. The van der Waals surface area contributed by atoms with E-state index in [4.69, 9.17) is 9.47 Å². The van der Waals surface area contributed by atoms with Gasteiger partial charge in [-0.2, -0.15) is 0 Å². The highest BCUT2D eigenvalue weighted by molar-refractivity contribution is 5.97. The molecule has 0 fully saturated rings. The lowest BCUT2D eigenvalue weighted by Crippen LogP contribution is -2.43. The topological polar surface area (TPSA) is 59.1 Å². The number of carbonyl (C=O) groups is 2. The second-order valence-electron chi connectivity index (χ2n) is 5.52. The third kappa shape index (κ3) is 4.15. The highest BCUT2D eigenvalue weighted by atomic mass is 16.7. The minimum atomic E-state index is -0.176. The molecule has 0 spiro atoms. The van der Waals surface area contributed by atoms with Crippen molar-refractivity contribution >= 4 is 17.5 Å². The standard InChI is InChI=1S/C17H24N2O4/c1-4-8-18(9-5-2)17(21)11-19(13(3)20)14-6-7-15-16(10-14)23-12-22-15/h6-7,10H,4-5,8-9,11-12H2,1-3H3. The number of amides is 2. The van der Waals surface area contributed by atoms with Crippen LogP contribution in [0.5, 0.6) is 11.5 Å². The Morgan fingerprint density at radius 3 is 2.35 bits per heavy atom. The lowest BCUT2D eigenvalue weighted by atomic mass is 10.2. The van der Waals surface area contributed by atoms with Crippen molar-refractivity contribution in [3.05, 3.63) is 18.2 Å². The fraction of sp³-hybridized carbons (Fsp3) is 0.529. The summed E-state index contributed by atoms with van der Waals surface area (Å²) < 4.78 is 10.6. The quantitative estimate of drug-likeness (QED) is 0.774. The SMILES string of the molecule is CCCN(CCC)C(=O)CN(C(C)=O)c1ccc2c(c1)OCO2. The Bertz CT molecular complexity index is 568.